The lowest BCUT2D eigenvalue weighted by molar-refractivity contribution is -0.116. The lowest BCUT2D eigenvalue weighted by Crippen LogP contribution is -2.25. The van der Waals surface area contributed by atoms with Crippen molar-refractivity contribution >= 4 is 17.6 Å². The predicted octanol–water partition coefficient (Wildman–Crippen LogP) is 5.50. The third-order valence-corrected chi connectivity index (χ3v) is 4.69. The van der Waals surface area contributed by atoms with Crippen molar-refractivity contribution in [3.8, 4) is 5.75 Å². The van der Waals surface area contributed by atoms with Crippen LogP contribution in [0.3, 0.4) is 0 Å². The van der Waals surface area contributed by atoms with Gasteiger partial charge in [0.05, 0.1) is 5.56 Å². The Labute approximate surface area is 180 Å². The molecule has 0 spiro atoms. The van der Waals surface area contributed by atoms with Crippen LogP contribution in [0.2, 0.25) is 0 Å². The predicted molar refractivity (Wildman–Crippen MR) is 120 cm³/mol. The molecular formula is C25H33NO4. The number of carbonyl (C=O) groups is 2. The lowest BCUT2D eigenvalue weighted by atomic mass is 9.85. The number of anilines is 1. The minimum Gasteiger partial charge on any atom is -0.489 e. The van der Waals surface area contributed by atoms with E-state index in [0.717, 1.165) is 16.8 Å². The van der Waals surface area contributed by atoms with Crippen LogP contribution in [-0.4, -0.2) is 24.5 Å². The number of ether oxygens (including phenoxy) is 2. The van der Waals surface area contributed by atoms with Crippen molar-refractivity contribution in [3.63, 3.8) is 0 Å². The van der Waals surface area contributed by atoms with Gasteiger partial charge in [0.15, 0.2) is 0 Å². The Morgan fingerprint density at radius 1 is 0.933 bits per heavy atom. The van der Waals surface area contributed by atoms with Crippen molar-refractivity contribution in [3.05, 3.63) is 59.2 Å². The van der Waals surface area contributed by atoms with Gasteiger partial charge in [0.1, 0.15) is 18.0 Å². The van der Waals surface area contributed by atoms with Crippen molar-refractivity contribution in [1.82, 2.24) is 0 Å². The smallest absolute Gasteiger partial charge is 0.339 e. The number of hydrogen-bond donors (Lipinski definition) is 0. The zero-order valence-corrected chi connectivity index (χ0v) is 19.3. The fourth-order valence-corrected chi connectivity index (χ4v) is 2.80. The van der Waals surface area contributed by atoms with Crippen molar-refractivity contribution < 1.29 is 19.1 Å². The second-order valence-electron chi connectivity index (χ2n) is 9.48. The van der Waals surface area contributed by atoms with Gasteiger partial charge in [-0.25, -0.2) is 4.79 Å². The topological polar surface area (TPSA) is 55.8 Å². The molecule has 2 aromatic rings. The van der Waals surface area contributed by atoms with Crippen molar-refractivity contribution in [2.45, 2.75) is 66.1 Å². The molecule has 5 heteroatoms. The molecule has 0 unspecified atom stereocenters. The SMILES string of the molecule is CC(=O)N(C)c1ccc(OCc2ccc(C(C)(C)C)cc2C(=O)OC(C)(C)C)cc1. The fraction of sp³-hybridized carbons (Fsp3) is 0.440. The molecule has 2 rings (SSSR count). The van der Waals surface area contributed by atoms with Gasteiger partial charge >= 0.3 is 5.97 Å². The number of hydrogen-bond acceptors (Lipinski definition) is 4. The second kappa shape index (κ2) is 8.90. The van der Waals surface area contributed by atoms with E-state index in [2.05, 4.69) is 20.8 Å². The average molecular weight is 412 g/mol. The van der Waals surface area contributed by atoms with Gasteiger partial charge in [-0.3, -0.25) is 4.79 Å². The first kappa shape index (κ1) is 23.5. The molecule has 0 aromatic heterocycles. The summed E-state index contributed by atoms with van der Waals surface area (Å²) in [6.07, 6.45) is 0. The Morgan fingerprint density at radius 3 is 2.03 bits per heavy atom. The lowest BCUT2D eigenvalue weighted by Gasteiger charge is -2.24. The molecule has 0 N–H and O–H groups in total. The molecule has 0 atom stereocenters. The van der Waals surface area contributed by atoms with E-state index in [1.807, 2.05) is 63.2 Å². The molecule has 30 heavy (non-hydrogen) atoms. The Kier molecular flexibility index (Phi) is 6.96. The van der Waals surface area contributed by atoms with Crippen molar-refractivity contribution in [2.75, 3.05) is 11.9 Å². The summed E-state index contributed by atoms with van der Waals surface area (Å²) >= 11 is 0. The summed E-state index contributed by atoms with van der Waals surface area (Å²) in [6, 6.07) is 13.1. The Bertz CT molecular complexity index is 902. The van der Waals surface area contributed by atoms with Crippen LogP contribution in [0.4, 0.5) is 5.69 Å². The van der Waals surface area contributed by atoms with E-state index in [0.29, 0.717) is 11.3 Å². The molecule has 0 heterocycles. The molecule has 1 amide bonds. The van der Waals surface area contributed by atoms with E-state index in [1.54, 1.807) is 11.9 Å². The van der Waals surface area contributed by atoms with Crippen LogP contribution in [0.5, 0.6) is 5.75 Å². The highest BCUT2D eigenvalue weighted by molar-refractivity contribution is 5.92. The van der Waals surface area contributed by atoms with Gasteiger partial charge in [-0.05, 0) is 62.1 Å². The number of rotatable bonds is 5. The normalized spacial score (nSPS) is 11.7. The summed E-state index contributed by atoms with van der Waals surface area (Å²) in [5, 5.41) is 0. The van der Waals surface area contributed by atoms with Crippen LogP contribution in [0.15, 0.2) is 42.5 Å². The number of benzene rings is 2. The molecule has 0 aliphatic carbocycles. The quantitative estimate of drug-likeness (QED) is 0.610. The fourth-order valence-electron chi connectivity index (χ4n) is 2.80. The minimum atomic E-state index is -0.578. The number of esters is 1. The molecule has 0 aliphatic rings. The summed E-state index contributed by atoms with van der Waals surface area (Å²) in [5.41, 5.74) is 2.47. The molecule has 162 valence electrons. The van der Waals surface area contributed by atoms with Crippen LogP contribution in [0.25, 0.3) is 0 Å². The summed E-state index contributed by atoms with van der Waals surface area (Å²) < 4.78 is 11.5. The maximum absolute atomic E-state index is 12.8. The first-order valence-corrected chi connectivity index (χ1v) is 10.1. The molecule has 0 aliphatic heterocycles. The molecule has 0 saturated carbocycles. The Balaban J connectivity index is 2.25. The Hall–Kier alpha value is -2.82. The van der Waals surface area contributed by atoms with Gasteiger partial charge in [0.25, 0.3) is 0 Å². The summed E-state index contributed by atoms with van der Waals surface area (Å²) in [4.78, 5) is 25.9. The highest BCUT2D eigenvalue weighted by Crippen LogP contribution is 2.27. The van der Waals surface area contributed by atoms with E-state index < -0.39 is 5.60 Å². The molecular weight excluding hydrogens is 378 g/mol. The van der Waals surface area contributed by atoms with Crippen LogP contribution in [-0.2, 0) is 21.6 Å². The highest BCUT2D eigenvalue weighted by Gasteiger charge is 2.23. The minimum absolute atomic E-state index is 0.0374. The van der Waals surface area contributed by atoms with Crippen molar-refractivity contribution in [2.24, 2.45) is 0 Å². The van der Waals surface area contributed by atoms with Crippen LogP contribution >= 0.6 is 0 Å². The van der Waals surface area contributed by atoms with E-state index in [4.69, 9.17) is 9.47 Å². The van der Waals surface area contributed by atoms with E-state index in [-0.39, 0.29) is 23.9 Å². The number of nitrogens with zero attached hydrogens (tertiary/aromatic N) is 1. The van der Waals surface area contributed by atoms with Crippen molar-refractivity contribution in [1.29, 1.82) is 0 Å². The summed E-state index contributed by atoms with van der Waals surface area (Å²) in [7, 11) is 1.72. The standard InChI is InChI=1S/C25H33NO4/c1-17(27)26(8)20-11-13-21(14-12-20)29-16-18-9-10-19(24(2,3)4)15-22(18)23(28)30-25(5,6)7/h9-15H,16H2,1-8H3. The molecule has 0 bridgehead atoms. The van der Waals surface area contributed by atoms with Gasteiger partial charge in [-0.1, -0.05) is 32.9 Å². The zero-order valence-electron chi connectivity index (χ0n) is 19.3. The molecule has 0 fully saturated rings. The zero-order chi connectivity index (χ0) is 22.7. The molecule has 2 aromatic carbocycles. The third kappa shape index (κ3) is 6.34. The van der Waals surface area contributed by atoms with E-state index >= 15 is 0 Å². The van der Waals surface area contributed by atoms with Gasteiger partial charge in [-0.2, -0.15) is 0 Å². The monoisotopic (exact) mass is 411 g/mol. The van der Waals surface area contributed by atoms with E-state index in [9.17, 15) is 9.59 Å². The maximum atomic E-state index is 12.8. The van der Waals surface area contributed by atoms with Crippen LogP contribution in [0, 0.1) is 0 Å². The summed E-state index contributed by atoms with van der Waals surface area (Å²) in [5.74, 6) is 0.265. The first-order valence-electron chi connectivity index (χ1n) is 10.1. The number of carbonyl (C=O) groups excluding carboxylic acids is 2. The summed E-state index contributed by atoms with van der Waals surface area (Å²) in [6.45, 7) is 13.6. The van der Waals surface area contributed by atoms with Gasteiger partial charge in [0, 0.05) is 25.2 Å². The first-order chi connectivity index (χ1) is 13.8. The molecule has 0 radical (unpaired) electrons. The Morgan fingerprint density at radius 2 is 1.53 bits per heavy atom. The van der Waals surface area contributed by atoms with E-state index in [1.165, 1.54) is 6.92 Å². The van der Waals surface area contributed by atoms with Gasteiger partial charge in [-0.15, -0.1) is 0 Å². The second-order valence-corrected chi connectivity index (χ2v) is 9.48. The largest absolute Gasteiger partial charge is 0.489 e. The van der Waals surface area contributed by atoms with Gasteiger partial charge < -0.3 is 14.4 Å². The highest BCUT2D eigenvalue weighted by atomic mass is 16.6. The third-order valence-electron chi connectivity index (χ3n) is 4.69. The van der Waals surface area contributed by atoms with Gasteiger partial charge in [0.2, 0.25) is 5.91 Å². The average Bonchev–Trinajstić information content (AvgIpc) is 2.63. The molecule has 5 nitrogen and oxygen atoms in total. The van der Waals surface area contributed by atoms with Crippen LogP contribution < -0.4 is 9.64 Å². The molecule has 0 saturated heterocycles. The maximum Gasteiger partial charge on any atom is 0.339 e. The van der Waals surface area contributed by atoms with Crippen LogP contribution in [0.1, 0.15) is 70.0 Å². The number of amides is 1.